The van der Waals surface area contributed by atoms with Crippen LogP contribution < -0.4 is 11.1 Å². The molecule has 3 N–H and O–H groups in total. The van der Waals surface area contributed by atoms with Gasteiger partial charge in [0.05, 0.1) is 5.69 Å². The van der Waals surface area contributed by atoms with Gasteiger partial charge in [-0.25, -0.2) is 4.99 Å². The van der Waals surface area contributed by atoms with Crippen LogP contribution in [-0.2, 0) is 0 Å². The molecule has 1 aliphatic heterocycles. The number of benzene rings is 1. The van der Waals surface area contributed by atoms with E-state index in [4.69, 9.17) is 5.73 Å². The van der Waals surface area contributed by atoms with Crippen LogP contribution in [0.25, 0.3) is 5.70 Å². The van der Waals surface area contributed by atoms with Crippen molar-refractivity contribution in [3.8, 4) is 0 Å². The second kappa shape index (κ2) is 2.88. The molecule has 1 aliphatic rings. The number of rotatable bonds is 0. The van der Waals surface area contributed by atoms with E-state index >= 15 is 0 Å². The molecule has 4 heteroatoms. The Labute approximate surface area is 84.5 Å². The van der Waals surface area contributed by atoms with Crippen molar-refractivity contribution in [2.24, 2.45) is 10.7 Å². The van der Waals surface area contributed by atoms with Crippen molar-refractivity contribution in [1.29, 1.82) is 0 Å². The van der Waals surface area contributed by atoms with E-state index < -0.39 is 0 Å². The first-order valence-corrected chi connectivity index (χ1v) is 4.56. The summed E-state index contributed by atoms with van der Waals surface area (Å²) in [4.78, 5) is 4.15. The lowest BCUT2D eigenvalue weighted by molar-refractivity contribution is 1.19. The number of hydrogen-bond donors (Lipinski definition) is 2. The van der Waals surface area contributed by atoms with E-state index in [1.807, 2.05) is 18.2 Å². The minimum atomic E-state index is 0.385. The molecule has 0 bridgehead atoms. The average Bonchev–Trinajstić information content (AvgIpc) is 2.02. The molecule has 3 nitrogen and oxygen atoms in total. The third-order valence-electron chi connectivity index (χ3n) is 1.80. The Morgan fingerprint density at radius 3 is 3.00 bits per heavy atom. The normalized spacial score (nSPS) is 14.5. The highest BCUT2D eigenvalue weighted by atomic mass is 79.9. The molecule has 1 aromatic carbocycles. The highest BCUT2D eigenvalue weighted by molar-refractivity contribution is 9.10. The van der Waals surface area contributed by atoms with Crippen LogP contribution >= 0.6 is 15.9 Å². The first kappa shape index (κ1) is 8.31. The molecular weight excluding hydrogens is 230 g/mol. The molecule has 1 aromatic rings. The molecule has 0 aromatic heterocycles. The van der Waals surface area contributed by atoms with Crippen molar-refractivity contribution in [3.63, 3.8) is 0 Å². The Kier molecular flexibility index (Phi) is 1.84. The number of aliphatic imine (C=N–C) groups is 1. The fourth-order valence-corrected chi connectivity index (χ4v) is 1.58. The van der Waals surface area contributed by atoms with E-state index in [1.54, 1.807) is 0 Å². The van der Waals surface area contributed by atoms with E-state index in [9.17, 15) is 0 Å². The van der Waals surface area contributed by atoms with E-state index in [2.05, 4.69) is 32.8 Å². The van der Waals surface area contributed by atoms with Crippen molar-refractivity contribution in [2.75, 3.05) is 0 Å². The minimum Gasteiger partial charge on any atom is -0.369 e. The average molecular weight is 238 g/mol. The Bertz CT molecular complexity index is 409. The standard InChI is InChI=1S/C9H8BrN3/c1-5-7-3-2-6(10)4-8(7)13-9(11)12-5/h2-4H,1H2,(H3,11,12,13). The van der Waals surface area contributed by atoms with Crippen LogP contribution in [0, 0.1) is 0 Å². The first-order chi connectivity index (χ1) is 6.16. The SMILES string of the molecule is C=C1NC(N)=Nc2cc(Br)ccc21. The number of nitrogens with two attached hydrogens (primary N) is 1. The summed E-state index contributed by atoms with van der Waals surface area (Å²) in [6.07, 6.45) is 0. The smallest absolute Gasteiger partial charge is 0.198 e. The second-order valence-corrected chi connectivity index (χ2v) is 3.68. The maximum Gasteiger partial charge on any atom is 0.198 e. The molecule has 0 fully saturated rings. The number of halogens is 1. The third-order valence-corrected chi connectivity index (χ3v) is 2.30. The zero-order valence-electron chi connectivity index (χ0n) is 6.84. The van der Waals surface area contributed by atoms with E-state index in [0.29, 0.717) is 5.96 Å². The molecular formula is C9H8BrN3. The van der Waals surface area contributed by atoms with Gasteiger partial charge in [-0.1, -0.05) is 22.5 Å². The van der Waals surface area contributed by atoms with Gasteiger partial charge in [0, 0.05) is 15.7 Å². The lowest BCUT2D eigenvalue weighted by atomic mass is 10.1. The Hall–Kier alpha value is -1.29. The van der Waals surface area contributed by atoms with Crippen molar-refractivity contribution in [2.45, 2.75) is 0 Å². The van der Waals surface area contributed by atoms with Gasteiger partial charge in [-0.2, -0.15) is 0 Å². The van der Waals surface area contributed by atoms with Gasteiger partial charge in [0.1, 0.15) is 0 Å². The molecule has 0 atom stereocenters. The van der Waals surface area contributed by atoms with Crippen molar-refractivity contribution >= 4 is 33.3 Å². The van der Waals surface area contributed by atoms with Crippen LogP contribution in [0.5, 0.6) is 0 Å². The van der Waals surface area contributed by atoms with E-state index in [-0.39, 0.29) is 0 Å². The number of fused-ring (bicyclic) bond motifs is 1. The highest BCUT2D eigenvalue weighted by Gasteiger charge is 2.12. The molecule has 66 valence electrons. The summed E-state index contributed by atoms with van der Waals surface area (Å²) in [6, 6.07) is 5.81. The van der Waals surface area contributed by atoms with Crippen molar-refractivity contribution in [1.82, 2.24) is 5.32 Å². The van der Waals surface area contributed by atoms with Gasteiger partial charge in [0.25, 0.3) is 0 Å². The van der Waals surface area contributed by atoms with Crippen LogP contribution in [0.15, 0.2) is 34.2 Å². The van der Waals surface area contributed by atoms with Gasteiger partial charge in [-0.3, -0.25) is 0 Å². The monoisotopic (exact) mass is 237 g/mol. The Morgan fingerprint density at radius 2 is 2.23 bits per heavy atom. The Balaban J connectivity index is 2.63. The summed E-state index contributed by atoms with van der Waals surface area (Å²) >= 11 is 3.37. The summed E-state index contributed by atoms with van der Waals surface area (Å²) in [7, 11) is 0. The molecule has 1 heterocycles. The summed E-state index contributed by atoms with van der Waals surface area (Å²) < 4.78 is 0.984. The predicted octanol–water partition coefficient (Wildman–Crippen LogP) is 1.97. The first-order valence-electron chi connectivity index (χ1n) is 3.77. The van der Waals surface area contributed by atoms with Gasteiger partial charge in [-0.15, -0.1) is 0 Å². The van der Waals surface area contributed by atoms with Gasteiger partial charge in [0.2, 0.25) is 0 Å². The molecule has 0 amide bonds. The van der Waals surface area contributed by atoms with Crippen LogP contribution in [0.4, 0.5) is 5.69 Å². The van der Waals surface area contributed by atoms with Crippen LogP contribution in [0.1, 0.15) is 5.56 Å². The zero-order chi connectivity index (χ0) is 9.42. The topological polar surface area (TPSA) is 50.4 Å². The van der Waals surface area contributed by atoms with Crippen LogP contribution in [-0.4, -0.2) is 5.96 Å². The third kappa shape index (κ3) is 1.45. The maximum absolute atomic E-state index is 5.55. The van der Waals surface area contributed by atoms with Crippen LogP contribution in [0.3, 0.4) is 0 Å². The summed E-state index contributed by atoms with van der Waals surface area (Å²) in [5, 5.41) is 2.87. The van der Waals surface area contributed by atoms with Gasteiger partial charge in [-0.05, 0) is 18.2 Å². The number of nitrogens with one attached hydrogen (secondary N) is 1. The highest BCUT2D eigenvalue weighted by Crippen LogP contribution is 2.29. The van der Waals surface area contributed by atoms with Gasteiger partial charge in [0.15, 0.2) is 5.96 Å². The number of nitrogens with zero attached hydrogens (tertiary/aromatic N) is 1. The Morgan fingerprint density at radius 1 is 1.46 bits per heavy atom. The molecule has 0 radical (unpaired) electrons. The minimum absolute atomic E-state index is 0.385. The second-order valence-electron chi connectivity index (χ2n) is 2.76. The lowest BCUT2D eigenvalue weighted by Gasteiger charge is -2.16. The molecule has 0 spiro atoms. The predicted molar refractivity (Wildman–Crippen MR) is 57.6 cm³/mol. The molecule has 0 aliphatic carbocycles. The summed E-state index contributed by atoms with van der Waals surface area (Å²) in [6.45, 7) is 3.85. The number of guanidine groups is 1. The molecule has 2 rings (SSSR count). The molecule has 0 saturated heterocycles. The lowest BCUT2D eigenvalue weighted by Crippen LogP contribution is -2.31. The molecule has 13 heavy (non-hydrogen) atoms. The number of hydrogen-bond acceptors (Lipinski definition) is 3. The van der Waals surface area contributed by atoms with Crippen molar-refractivity contribution in [3.05, 3.63) is 34.8 Å². The van der Waals surface area contributed by atoms with E-state index in [0.717, 1.165) is 21.4 Å². The summed E-state index contributed by atoms with van der Waals surface area (Å²) in [5.41, 5.74) is 8.17. The quantitative estimate of drug-likeness (QED) is 0.725. The molecule has 0 saturated carbocycles. The fourth-order valence-electron chi connectivity index (χ4n) is 1.23. The van der Waals surface area contributed by atoms with Gasteiger partial charge >= 0.3 is 0 Å². The van der Waals surface area contributed by atoms with Crippen LogP contribution in [0.2, 0.25) is 0 Å². The zero-order valence-corrected chi connectivity index (χ0v) is 8.43. The van der Waals surface area contributed by atoms with E-state index in [1.165, 1.54) is 0 Å². The fraction of sp³-hybridized carbons (Fsp3) is 0. The molecule has 0 unspecified atom stereocenters. The maximum atomic E-state index is 5.55. The summed E-state index contributed by atoms with van der Waals surface area (Å²) in [5.74, 6) is 0.385. The van der Waals surface area contributed by atoms with Crippen molar-refractivity contribution < 1.29 is 0 Å². The largest absolute Gasteiger partial charge is 0.369 e. The van der Waals surface area contributed by atoms with Gasteiger partial charge < -0.3 is 11.1 Å².